The van der Waals surface area contributed by atoms with E-state index in [0.29, 0.717) is 12.0 Å². The van der Waals surface area contributed by atoms with E-state index in [9.17, 15) is 0 Å². The molecule has 2 heteroatoms. The maximum Gasteiger partial charge on any atom is 0.119 e. The van der Waals surface area contributed by atoms with Gasteiger partial charge >= 0.3 is 0 Å². The summed E-state index contributed by atoms with van der Waals surface area (Å²) < 4.78 is 5.68. The van der Waals surface area contributed by atoms with Crippen LogP contribution in [0.25, 0.3) is 0 Å². The number of hydrogen-bond acceptors (Lipinski definition) is 2. The minimum atomic E-state index is 0.345. The van der Waals surface area contributed by atoms with Gasteiger partial charge in [-0.15, -0.1) is 11.8 Å². The molecule has 0 spiro atoms. The summed E-state index contributed by atoms with van der Waals surface area (Å²) in [6.45, 7) is 10.0. The minimum Gasteiger partial charge on any atom is -0.493 e. The van der Waals surface area contributed by atoms with Crippen molar-refractivity contribution in [2.24, 2.45) is 5.92 Å². The molecule has 0 saturated heterocycles. The topological polar surface area (TPSA) is 21.3 Å². The van der Waals surface area contributed by atoms with Crippen LogP contribution in [0.4, 0.5) is 0 Å². The Hall–Kier alpha value is -1.46. The molecule has 19 heavy (non-hydrogen) atoms. The van der Waals surface area contributed by atoms with Crippen LogP contribution >= 0.6 is 0 Å². The Morgan fingerprint density at radius 2 is 1.84 bits per heavy atom. The summed E-state index contributed by atoms with van der Waals surface area (Å²) in [7, 11) is 0. The molecule has 0 saturated carbocycles. The highest BCUT2D eigenvalue weighted by Crippen LogP contribution is 2.18. The molecular weight excluding hydrogens is 234 g/mol. The van der Waals surface area contributed by atoms with Crippen molar-refractivity contribution in [1.29, 1.82) is 0 Å². The molecule has 1 unspecified atom stereocenters. The van der Waals surface area contributed by atoms with E-state index in [0.717, 1.165) is 25.3 Å². The molecular formula is C17H25NO. The van der Waals surface area contributed by atoms with Crippen LogP contribution < -0.4 is 10.1 Å². The summed E-state index contributed by atoms with van der Waals surface area (Å²) in [4.78, 5) is 0. The molecule has 0 aromatic heterocycles. The lowest BCUT2D eigenvalue weighted by molar-refractivity contribution is 0.271. The molecule has 0 aliphatic heterocycles. The zero-order chi connectivity index (χ0) is 14.1. The van der Waals surface area contributed by atoms with Crippen LogP contribution in [0.1, 0.15) is 45.7 Å². The van der Waals surface area contributed by atoms with Crippen molar-refractivity contribution < 1.29 is 4.74 Å². The molecule has 1 aromatic rings. The van der Waals surface area contributed by atoms with Gasteiger partial charge in [0.15, 0.2) is 0 Å². The summed E-state index contributed by atoms with van der Waals surface area (Å²) in [5.74, 6) is 7.47. The van der Waals surface area contributed by atoms with Gasteiger partial charge in [0.2, 0.25) is 0 Å². The fourth-order valence-corrected chi connectivity index (χ4v) is 1.71. The quantitative estimate of drug-likeness (QED) is 0.594. The van der Waals surface area contributed by atoms with E-state index in [1.54, 1.807) is 0 Å². The molecule has 0 fully saturated rings. The summed E-state index contributed by atoms with van der Waals surface area (Å²) >= 11 is 0. The van der Waals surface area contributed by atoms with Gasteiger partial charge in [0.1, 0.15) is 5.75 Å². The van der Waals surface area contributed by atoms with Crippen molar-refractivity contribution in [1.82, 2.24) is 5.32 Å². The number of ether oxygens (including phenoxy) is 1. The summed E-state index contributed by atoms with van der Waals surface area (Å²) in [5, 5.41) is 3.46. The molecule has 2 nitrogen and oxygen atoms in total. The molecule has 0 radical (unpaired) electrons. The number of nitrogens with one attached hydrogen (secondary N) is 1. The molecule has 0 amide bonds. The molecule has 1 atom stereocenters. The van der Waals surface area contributed by atoms with Crippen molar-refractivity contribution >= 4 is 0 Å². The van der Waals surface area contributed by atoms with E-state index in [4.69, 9.17) is 4.74 Å². The third-order valence-electron chi connectivity index (χ3n) is 2.84. The van der Waals surface area contributed by atoms with Gasteiger partial charge < -0.3 is 10.1 Å². The Balaban J connectivity index is 2.43. The van der Waals surface area contributed by atoms with E-state index >= 15 is 0 Å². The molecule has 0 bridgehead atoms. The minimum absolute atomic E-state index is 0.345. The summed E-state index contributed by atoms with van der Waals surface area (Å²) in [6.07, 6.45) is 0.899. The Kier molecular flexibility index (Phi) is 7.07. The van der Waals surface area contributed by atoms with Crippen LogP contribution in [0.15, 0.2) is 24.3 Å². The standard InChI is InChI=1S/C17H25NO/c1-5-6-7-12-18-15(4)16-8-10-17(11-9-16)19-13-14(2)3/h8-11,14-15,18H,7,12-13H2,1-4H3. The summed E-state index contributed by atoms with van der Waals surface area (Å²) in [6, 6.07) is 8.68. The number of rotatable bonds is 7. The van der Waals surface area contributed by atoms with Crippen molar-refractivity contribution in [3.05, 3.63) is 29.8 Å². The molecule has 0 aliphatic carbocycles. The van der Waals surface area contributed by atoms with Crippen LogP contribution in [0, 0.1) is 17.8 Å². The molecule has 0 aliphatic rings. The second kappa shape index (κ2) is 8.61. The molecule has 104 valence electrons. The molecule has 1 rings (SSSR count). The van der Waals surface area contributed by atoms with E-state index in [2.05, 4.69) is 50.1 Å². The normalized spacial score (nSPS) is 11.8. The van der Waals surface area contributed by atoms with Gasteiger partial charge in [0.05, 0.1) is 6.61 Å². The van der Waals surface area contributed by atoms with E-state index in [1.165, 1.54) is 5.56 Å². The van der Waals surface area contributed by atoms with Crippen molar-refractivity contribution in [3.63, 3.8) is 0 Å². The predicted molar refractivity (Wildman–Crippen MR) is 81.3 cm³/mol. The van der Waals surface area contributed by atoms with Crippen LogP contribution in [-0.4, -0.2) is 13.2 Å². The average molecular weight is 259 g/mol. The highest BCUT2D eigenvalue weighted by atomic mass is 16.5. The zero-order valence-electron chi connectivity index (χ0n) is 12.5. The van der Waals surface area contributed by atoms with Crippen molar-refractivity contribution in [2.75, 3.05) is 13.2 Å². The van der Waals surface area contributed by atoms with Gasteiger partial charge in [0.25, 0.3) is 0 Å². The van der Waals surface area contributed by atoms with Gasteiger partial charge in [-0.1, -0.05) is 26.0 Å². The fraction of sp³-hybridized carbons (Fsp3) is 0.529. The number of benzene rings is 1. The second-order valence-electron chi connectivity index (χ2n) is 5.13. The molecule has 0 heterocycles. The maximum atomic E-state index is 5.68. The first-order valence-corrected chi connectivity index (χ1v) is 6.99. The highest BCUT2D eigenvalue weighted by Gasteiger charge is 2.04. The SMILES string of the molecule is CC#CCCNC(C)c1ccc(OCC(C)C)cc1. The Bertz CT molecular complexity index is 411. The first kappa shape index (κ1) is 15.6. The highest BCUT2D eigenvalue weighted by molar-refractivity contribution is 5.28. The van der Waals surface area contributed by atoms with Crippen LogP contribution in [0.5, 0.6) is 5.75 Å². The Morgan fingerprint density at radius 1 is 1.16 bits per heavy atom. The fourth-order valence-electron chi connectivity index (χ4n) is 1.71. The van der Waals surface area contributed by atoms with Gasteiger partial charge in [-0.25, -0.2) is 0 Å². The summed E-state index contributed by atoms with van der Waals surface area (Å²) in [5.41, 5.74) is 1.28. The van der Waals surface area contributed by atoms with Crippen LogP contribution in [-0.2, 0) is 0 Å². The largest absolute Gasteiger partial charge is 0.493 e. The van der Waals surface area contributed by atoms with E-state index < -0.39 is 0 Å². The second-order valence-corrected chi connectivity index (χ2v) is 5.13. The van der Waals surface area contributed by atoms with Gasteiger partial charge in [-0.3, -0.25) is 0 Å². The lowest BCUT2D eigenvalue weighted by Crippen LogP contribution is -2.19. The zero-order valence-corrected chi connectivity index (χ0v) is 12.5. The smallest absolute Gasteiger partial charge is 0.119 e. The van der Waals surface area contributed by atoms with Crippen molar-refractivity contribution in [2.45, 2.75) is 40.2 Å². The van der Waals surface area contributed by atoms with Gasteiger partial charge in [-0.05, 0) is 37.5 Å². The van der Waals surface area contributed by atoms with Crippen molar-refractivity contribution in [3.8, 4) is 17.6 Å². The number of hydrogen-bond donors (Lipinski definition) is 1. The maximum absolute atomic E-state index is 5.68. The van der Waals surface area contributed by atoms with Crippen LogP contribution in [0.3, 0.4) is 0 Å². The van der Waals surface area contributed by atoms with E-state index in [1.807, 2.05) is 19.1 Å². The predicted octanol–water partition coefficient (Wildman–Crippen LogP) is 3.79. The lowest BCUT2D eigenvalue weighted by Gasteiger charge is -2.14. The van der Waals surface area contributed by atoms with Gasteiger partial charge in [0, 0.05) is 19.0 Å². The Morgan fingerprint density at radius 3 is 2.42 bits per heavy atom. The van der Waals surface area contributed by atoms with Gasteiger partial charge in [-0.2, -0.15) is 0 Å². The lowest BCUT2D eigenvalue weighted by atomic mass is 10.1. The Labute approximate surface area is 117 Å². The molecule has 1 N–H and O–H groups in total. The molecule has 1 aromatic carbocycles. The average Bonchev–Trinajstić information content (AvgIpc) is 2.41. The van der Waals surface area contributed by atoms with E-state index in [-0.39, 0.29) is 0 Å². The third kappa shape index (κ3) is 6.31. The monoisotopic (exact) mass is 259 g/mol. The third-order valence-corrected chi connectivity index (χ3v) is 2.84. The first-order valence-electron chi connectivity index (χ1n) is 6.99. The first-order chi connectivity index (χ1) is 9.13. The van der Waals surface area contributed by atoms with Crippen LogP contribution in [0.2, 0.25) is 0 Å².